The minimum atomic E-state index is -0.903. The predicted molar refractivity (Wildman–Crippen MR) is 67.0 cm³/mol. The maximum Gasteiger partial charge on any atom is 0.334 e. The lowest BCUT2D eigenvalue weighted by molar-refractivity contribution is -0.153. The first kappa shape index (κ1) is 12.5. The van der Waals surface area contributed by atoms with Crippen LogP contribution in [0, 0.1) is 0 Å². The van der Waals surface area contributed by atoms with Crippen LogP contribution in [0.15, 0.2) is 28.7 Å². The van der Waals surface area contributed by atoms with Crippen LogP contribution >= 0.6 is 15.9 Å². The SMILES string of the molecule is O=C(O)[C@H]1CN[C@@H](Cc2ccc(Br)cc2)CO1. The third-order valence-electron chi connectivity index (χ3n) is 2.76. The summed E-state index contributed by atoms with van der Waals surface area (Å²) in [4.78, 5) is 10.7. The monoisotopic (exact) mass is 299 g/mol. The van der Waals surface area contributed by atoms with Crippen molar-refractivity contribution in [3.8, 4) is 0 Å². The molecule has 2 rings (SSSR count). The summed E-state index contributed by atoms with van der Waals surface area (Å²) in [6.07, 6.45) is 0.135. The molecule has 0 aliphatic carbocycles. The number of halogens is 1. The van der Waals surface area contributed by atoms with E-state index in [9.17, 15) is 4.79 Å². The van der Waals surface area contributed by atoms with Gasteiger partial charge in [0.25, 0.3) is 0 Å². The van der Waals surface area contributed by atoms with E-state index in [0.29, 0.717) is 13.2 Å². The van der Waals surface area contributed by atoms with Crippen molar-refractivity contribution in [1.29, 1.82) is 0 Å². The number of ether oxygens (including phenoxy) is 1. The number of hydrogen-bond donors (Lipinski definition) is 2. The minimum absolute atomic E-state index is 0.187. The molecule has 1 aliphatic heterocycles. The fraction of sp³-hybridized carbons (Fsp3) is 0.417. The Kier molecular flexibility index (Phi) is 4.15. The van der Waals surface area contributed by atoms with E-state index in [2.05, 4.69) is 33.4 Å². The van der Waals surface area contributed by atoms with Crippen molar-refractivity contribution in [3.63, 3.8) is 0 Å². The Morgan fingerprint density at radius 3 is 2.71 bits per heavy atom. The van der Waals surface area contributed by atoms with Crippen LogP contribution in [-0.4, -0.2) is 36.4 Å². The highest BCUT2D eigenvalue weighted by molar-refractivity contribution is 9.10. The van der Waals surface area contributed by atoms with Crippen LogP contribution in [0.3, 0.4) is 0 Å². The summed E-state index contributed by atoms with van der Waals surface area (Å²) in [5.74, 6) is -0.903. The second kappa shape index (κ2) is 5.62. The average Bonchev–Trinajstić information content (AvgIpc) is 2.33. The Morgan fingerprint density at radius 1 is 1.47 bits per heavy atom. The second-order valence-electron chi connectivity index (χ2n) is 4.10. The van der Waals surface area contributed by atoms with Crippen molar-refractivity contribution in [1.82, 2.24) is 5.32 Å². The van der Waals surface area contributed by atoms with Gasteiger partial charge in [0.1, 0.15) is 0 Å². The number of hydrogen-bond acceptors (Lipinski definition) is 3. The highest BCUT2D eigenvalue weighted by Gasteiger charge is 2.25. The van der Waals surface area contributed by atoms with Gasteiger partial charge in [-0.05, 0) is 24.1 Å². The average molecular weight is 300 g/mol. The first-order valence-electron chi connectivity index (χ1n) is 5.47. The van der Waals surface area contributed by atoms with E-state index in [-0.39, 0.29) is 6.04 Å². The number of rotatable bonds is 3. The summed E-state index contributed by atoms with van der Waals surface area (Å²) >= 11 is 3.39. The zero-order chi connectivity index (χ0) is 12.3. The van der Waals surface area contributed by atoms with Crippen LogP contribution in [0.1, 0.15) is 5.56 Å². The quantitative estimate of drug-likeness (QED) is 0.887. The standard InChI is InChI=1S/C12H14BrNO3/c13-9-3-1-8(2-4-9)5-10-7-17-11(6-14-10)12(15)16/h1-4,10-11,14H,5-7H2,(H,15,16)/t10-,11+/m0/s1. The maximum atomic E-state index is 10.7. The highest BCUT2D eigenvalue weighted by atomic mass is 79.9. The van der Waals surface area contributed by atoms with E-state index in [4.69, 9.17) is 9.84 Å². The summed E-state index contributed by atoms with van der Waals surface area (Å²) in [5.41, 5.74) is 1.21. The number of carboxylic acids is 1. The highest BCUT2D eigenvalue weighted by Crippen LogP contribution is 2.13. The van der Waals surface area contributed by atoms with Crippen molar-refractivity contribution in [2.75, 3.05) is 13.2 Å². The van der Waals surface area contributed by atoms with Crippen molar-refractivity contribution < 1.29 is 14.6 Å². The largest absolute Gasteiger partial charge is 0.479 e. The maximum absolute atomic E-state index is 10.7. The molecule has 4 nitrogen and oxygen atoms in total. The van der Waals surface area contributed by atoms with Crippen molar-refractivity contribution in [2.24, 2.45) is 0 Å². The van der Waals surface area contributed by atoms with E-state index >= 15 is 0 Å². The third kappa shape index (κ3) is 3.52. The van der Waals surface area contributed by atoms with Gasteiger partial charge in [-0.25, -0.2) is 4.79 Å². The molecule has 5 heteroatoms. The Labute approximate surface area is 108 Å². The van der Waals surface area contributed by atoms with Crippen LogP contribution in [0.5, 0.6) is 0 Å². The molecule has 0 bridgehead atoms. The summed E-state index contributed by atoms with van der Waals surface area (Å²) < 4.78 is 6.33. The van der Waals surface area contributed by atoms with Crippen molar-refractivity contribution in [3.05, 3.63) is 34.3 Å². The zero-order valence-electron chi connectivity index (χ0n) is 9.23. The molecule has 92 valence electrons. The molecule has 1 fully saturated rings. The van der Waals surface area contributed by atoms with Gasteiger partial charge in [-0.15, -0.1) is 0 Å². The molecule has 1 heterocycles. The molecular formula is C12H14BrNO3. The van der Waals surface area contributed by atoms with E-state index in [1.807, 2.05) is 12.1 Å². The molecule has 0 radical (unpaired) electrons. The lowest BCUT2D eigenvalue weighted by Gasteiger charge is -2.28. The van der Waals surface area contributed by atoms with Crippen LogP contribution in [-0.2, 0) is 16.0 Å². The first-order valence-corrected chi connectivity index (χ1v) is 6.26. The molecule has 0 unspecified atom stereocenters. The van der Waals surface area contributed by atoms with Crippen LogP contribution in [0.2, 0.25) is 0 Å². The molecule has 1 aromatic rings. The molecule has 0 spiro atoms. The summed E-state index contributed by atoms with van der Waals surface area (Å²) in [7, 11) is 0. The summed E-state index contributed by atoms with van der Waals surface area (Å²) in [6, 6.07) is 8.29. The van der Waals surface area contributed by atoms with Crippen LogP contribution in [0.4, 0.5) is 0 Å². The Bertz CT molecular complexity index is 385. The number of benzene rings is 1. The van der Waals surface area contributed by atoms with Gasteiger partial charge in [0, 0.05) is 17.1 Å². The van der Waals surface area contributed by atoms with E-state index in [1.165, 1.54) is 5.56 Å². The van der Waals surface area contributed by atoms with E-state index in [0.717, 1.165) is 10.9 Å². The van der Waals surface area contributed by atoms with Crippen LogP contribution < -0.4 is 5.32 Å². The van der Waals surface area contributed by atoms with Crippen LogP contribution in [0.25, 0.3) is 0 Å². The molecule has 0 saturated carbocycles. The van der Waals surface area contributed by atoms with Gasteiger partial charge in [0.15, 0.2) is 6.10 Å². The number of nitrogens with one attached hydrogen (secondary N) is 1. The summed E-state index contributed by atoms with van der Waals surface area (Å²) in [6.45, 7) is 0.809. The number of morpholine rings is 1. The Balaban J connectivity index is 1.85. The molecule has 1 aromatic carbocycles. The number of aliphatic carboxylic acids is 1. The molecular weight excluding hydrogens is 286 g/mol. The molecule has 17 heavy (non-hydrogen) atoms. The Morgan fingerprint density at radius 2 is 2.18 bits per heavy atom. The van der Waals surface area contributed by atoms with E-state index in [1.54, 1.807) is 0 Å². The lowest BCUT2D eigenvalue weighted by Crippen LogP contribution is -2.50. The van der Waals surface area contributed by atoms with Gasteiger partial charge in [-0.1, -0.05) is 28.1 Å². The predicted octanol–water partition coefficient (Wildman–Crippen LogP) is 1.43. The van der Waals surface area contributed by atoms with Gasteiger partial charge in [0.2, 0.25) is 0 Å². The van der Waals surface area contributed by atoms with Crippen molar-refractivity contribution >= 4 is 21.9 Å². The molecule has 2 atom stereocenters. The smallest absolute Gasteiger partial charge is 0.334 e. The van der Waals surface area contributed by atoms with Gasteiger partial charge in [-0.2, -0.15) is 0 Å². The lowest BCUT2D eigenvalue weighted by atomic mass is 10.1. The van der Waals surface area contributed by atoms with Gasteiger partial charge < -0.3 is 15.2 Å². The Hall–Kier alpha value is -0.910. The minimum Gasteiger partial charge on any atom is -0.479 e. The fourth-order valence-electron chi connectivity index (χ4n) is 1.82. The molecule has 2 N–H and O–H groups in total. The molecule has 0 amide bonds. The molecule has 0 aromatic heterocycles. The van der Waals surface area contributed by atoms with Crippen molar-refractivity contribution in [2.45, 2.75) is 18.6 Å². The van der Waals surface area contributed by atoms with Gasteiger partial charge in [-0.3, -0.25) is 0 Å². The third-order valence-corrected chi connectivity index (χ3v) is 3.29. The van der Waals surface area contributed by atoms with Gasteiger partial charge in [0.05, 0.1) is 6.61 Å². The van der Waals surface area contributed by atoms with Gasteiger partial charge >= 0.3 is 5.97 Å². The normalized spacial score (nSPS) is 24.5. The number of carbonyl (C=O) groups is 1. The zero-order valence-corrected chi connectivity index (χ0v) is 10.8. The molecule has 1 saturated heterocycles. The fourth-order valence-corrected chi connectivity index (χ4v) is 2.08. The second-order valence-corrected chi connectivity index (χ2v) is 5.01. The molecule has 1 aliphatic rings. The topological polar surface area (TPSA) is 58.6 Å². The van der Waals surface area contributed by atoms with E-state index < -0.39 is 12.1 Å². The number of carboxylic acid groups (broad SMARTS) is 1. The first-order chi connectivity index (χ1) is 8.15. The summed E-state index contributed by atoms with van der Waals surface area (Å²) in [5, 5.41) is 12.0.